The minimum absolute atomic E-state index is 0.651. The van der Waals surface area contributed by atoms with Crippen LogP contribution in [0, 0.1) is 0 Å². The molecule has 0 radical (unpaired) electrons. The molecule has 2 aromatic carbocycles. The third-order valence-corrected chi connectivity index (χ3v) is 2.75. The van der Waals surface area contributed by atoms with Crippen molar-refractivity contribution in [3.8, 4) is 0 Å². The van der Waals surface area contributed by atoms with Crippen molar-refractivity contribution in [2.75, 3.05) is 18.5 Å². The van der Waals surface area contributed by atoms with Gasteiger partial charge in [0, 0.05) is 17.3 Å². The summed E-state index contributed by atoms with van der Waals surface area (Å²) < 4.78 is 5.58. The van der Waals surface area contributed by atoms with Crippen LogP contribution >= 0.6 is 11.6 Å². The third kappa shape index (κ3) is 4.40. The molecule has 2 aromatic rings. The van der Waals surface area contributed by atoms with Crippen molar-refractivity contribution in [3.05, 3.63) is 65.2 Å². The van der Waals surface area contributed by atoms with Crippen molar-refractivity contribution in [1.82, 2.24) is 0 Å². The molecule has 2 nitrogen and oxygen atoms in total. The lowest BCUT2D eigenvalue weighted by molar-refractivity contribution is 0.130. The molecule has 0 saturated carbocycles. The molecule has 1 N–H and O–H groups in total. The second-order valence-electron chi connectivity index (χ2n) is 3.98. The quantitative estimate of drug-likeness (QED) is 0.795. The van der Waals surface area contributed by atoms with E-state index in [1.807, 2.05) is 42.5 Å². The Bertz CT molecular complexity index is 473. The predicted octanol–water partition coefficient (Wildman–Crippen LogP) is 3.97. The van der Waals surface area contributed by atoms with Crippen LogP contribution in [0.25, 0.3) is 0 Å². The highest BCUT2D eigenvalue weighted by atomic mass is 35.5. The summed E-state index contributed by atoms with van der Waals surface area (Å²) in [4.78, 5) is 0. The van der Waals surface area contributed by atoms with Crippen molar-refractivity contribution in [3.63, 3.8) is 0 Å². The van der Waals surface area contributed by atoms with Gasteiger partial charge in [-0.1, -0.05) is 48.0 Å². The van der Waals surface area contributed by atoms with E-state index >= 15 is 0 Å². The number of anilines is 1. The Morgan fingerprint density at radius 1 is 1.00 bits per heavy atom. The van der Waals surface area contributed by atoms with Crippen LogP contribution in [0.1, 0.15) is 5.56 Å². The highest BCUT2D eigenvalue weighted by Gasteiger charge is 1.94. The van der Waals surface area contributed by atoms with Gasteiger partial charge in [0.1, 0.15) is 0 Å². The molecule has 0 aliphatic carbocycles. The molecule has 0 bridgehead atoms. The summed E-state index contributed by atoms with van der Waals surface area (Å²) in [7, 11) is 0. The summed E-state index contributed by atoms with van der Waals surface area (Å²) in [6.07, 6.45) is 0. The fraction of sp³-hybridized carbons (Fsp3) is 0.200. The number of hydrogen-bond donors (Lipinski definition) is 1. The average molecular weight is 262 g/mol. The lowest BCUT2D eigenvalue weighted by atomic mass is 10.2. The molecule has 0 spiro atoms. The van der Waals surface area contributed by atoms with E-state index in [4.69, 9.17) is 16.3 Å². The maximum Gasteiger partial charge on any atom is 0.0717 e. The summed E-state index contributed by atoms with van der Waals surface area (Å²) in [5.74, 6) is 0. The first kappa shape index (κ1) is 12.9. The van der Waals surface area contributed by atoms with E-state index in [1.54, 1.807) is 0 Å². The van der Waals surface area contributed by atoms with Gasteiger partial charge < -0.3 is 10.1 Å². The molecular formula is C15H16ClNO. The van der Waals surface area contributed by atoms with Gasteiger partial charge in [-0.3, -0.25) is 0 Å². The number of halogens is 1. The first-order valence-corrected chi connectivity index (χ1v) is 6.33. The van der Waals surface area contributed by atoms with Crippen LogP contribution in [0.3, 0.4) is 0 Å². The van der Waals surface area contributed by atoms with E-state index in [0.717, 1.165) is 17.3 Å². The Morgan fingerprint density at radius 3 is 2.61 bits per heavy atom. The summed E-state index contributed by atoms with van der Waals surface area (Å²) in [5.41, 5.74) is 2.21. The molecule has 94 valence electrons. The van der Waals surface area contributed by atoms with Gasteiger partial charge in [-0.15, -0.1) is 0 Å². The molecule has 0 fully saturated rings. The van der Waals surface area contributed by atoms with E-state index in [1.165, 1.54) is 5.56 Å². The van der Waals surface area contributed by atoms with Crippen LogP contribution in [0.4, 0.5) is 5.69 Å². The molecule has 0 saturated heterocycles. The lowest BCUT2D eigenvalue weighted by Crippen LogP contribution is -2.09. The first-order valence-electron chi connectivity index (χ1n) is 5.96. The second kappa shape index (κ2) is 7.04. The van der Waals surface area contributed by atoms with E-state index in [9.17, 15) is 0 Å². The van der Waals surface area contributed by atoms with Crippen molar-refractivity contribution in [1.29, 1.82) is 0 Å². The number of rotatable bonds is 6. The average Bonchev–Trinajstić information content (AvgIpc) is 2.40. The molecule has 3 heteroatoms. The van der Waals surface area contributed by atoms with Gasteiger partial charge in [-0.25, -0.2) is 0 Å². The Morgan fingerprint density at radius 2 is 1.83 bits per heavy atom. The fourth-order valence-electron chi connectivity index (χ4n) is 1.63. The molecule has 0 aliphatic heterocycles. The summed E-state index contributed by atoms with van der Waals surface area (Å²) in [6.45, 7) is 2.09. The Balaban J connectivity index is 1.65. The molecular weight excluding hydrogens is 246 g/mol. The Kier molecular flexibility index (Phi) is 5.06. The zero-order valence-corrected chi connectivity index (χ0v) is 10.9. The van der Waals surface area contributed by atoms with Crippen LogP contribution in [0.2, 0.25) is 5.02 Å². The molecule has 0 aliphatic rings. The van der Waals surface area contributed by atoms with E-state index < -0.39 is 0 Å². The minimum atomic E-state index is 0.651. The topological polar surface area (TPSA) is 21.3 Å². The van der Waals surface area contributed by atoms with Crippen molar-refractivity contribution in [2.45, 2.75) is 6.61 Å². The highest BCUT2D eigenvalue weighted by Crippen LogP contribution is 2.14. The fourth-order valence-corrected chi connectivity index (χ4v) is 1.82. The number of benzene rings is 2. The Hall–Kier alpha value is -1.51. The zero-order chi connectivity index (χ0) is 12.6. The van der Waals surface area contributed by atoms with Gasteiger partial charge in [0.25, 0.3) is 0 Å². The Labute approximate surface area is 113 Å². The maximum atomic E-state index is 5.89. The van der Waals surface area contributed by atoms with Crippen molar-refractivity contribution < 1.29 is 4.74 Å². The highest BCUT2D eigenvalue weighted by molar-refractivity contribution is 6.30. The monoisotopic (exact) mass is 261 g/mol. The smallest absolute Gasteiger partial charge is 0.0717 e. The summed E-state index contributed by atoms with van der Waals surface area (Å²) in [6, 6.07) is 17.8. The van der Waals surface area contributed by atoms with Gasteiger partial charge in [0.05, 0.1) is 13.2 Å². The first-order chi connectivity index (χ1) is 8.84. The van der Waals surface area contributed by atoms with Crippen LogP contribution in [0.5, 0.6) is 0 Å². The zero-order valence-electron chi connectivity index (χ0n) is 10.1. The second-order valence-corrected chi connectivity index (χ2v) is 4.41. The maximum absolute atomic E-state index is 5.89. The van der Waals surface area contributed by atoms with Gasteiger partial charge in [0.2, 0.25) is 0 Å². The minimum Gasteiger partial charge on any atom is -0.383 e. The van der Waals surface area contributed by atoms with E-state index in [-0.39, 0.29) is 0 Å². The molecule has 0 amide bonds. The van der Waals surface area contributed by atoms with Crippen molar-refractivity contribution >= 4 is 17.3 Å². The van der Waals surface area contributed by atoms with Gasteiger partial charge in [-0.05, 0) is 23.8 Å². The molecule has 0 heterocycles. The predicted molar refractivity (Wildman–Crippen MR) is 76.0 cm³/mol. The summed E-state index contributed by atoms with van der Waals surface area (Å²) >= 11 is 5.89. The number of ether oxygens (including phenoxy) is 1. The molecule has 0 unspecified atom stereocenters. The normalized spacial score (nSPS) is 10.3. The van der Waals surface area contributed by atoms with E-state index in [2.05, 4.69) is 17.4 Å². The van der Waals surface area contributed by atoms with Crippen LogP contribution in [0.15, 0.2) is 54.6 Å². The van der Waals surface area contributed by atoms with Crippen LogP contribution in [-0.4, -0.2) is 13.2 Å². The molecule has 0 aromatic heterocycles. The molecule has 2 rings (SSSR count). The van der Waals surface area contributed by atoms with Gasteiger partial charge >= 0.3 is 0 Å². The third-order valence-electron chi connectivity index (χ3n) is 2.51. The summed E-state index contributed by atoms with van der Waals surface area (Å²) in [5, 5.41) is 4.00. The van der Waals surface area contributed by atoms with Gasteiger partial charge in [-0.2, -0.15) is 0 Å². The SMILES string of the molecule is Clc1cccc(NCCOCc2ccccc2)c1. The number of hydrogen-bond acceptors (Lipinski definition) is 2. The lowest BCUT2D eigenvalue weighted by Gasteiger charge is -2.07. The number of nitrogens with one attached hydrogen (secondary N) is 1. The van der Waals surface area contributed by atoms with E-state index in [0.29, 0.717) is 13.2 Å². The molecule has 18 heavy (non-hydrogen) atoms. The van der Waals surface area contributed by atoms with Gasteiger partial charge in [0.15, 0.2) is 0 Å². The van der Waals surface area contributed by atoms with Crippen LogP contribution in [-0.2, 0) is 11.3 Å². The van der Waals surface area contributed by atoms with Crippen molar-refractivity contribution in [2.24, 2.45) is 0 Å². The van der Waals surface area contributed by atoms with Crippen LogP contribution < -0.4 is 5.32 Å². The standard InChI is InChI=1S/C15H16ClNO/c16-14-7-4-8-15(11-14)17-9-10-18-12-13-5-2-1-3-6-13/h1-8,11,17H,9-10,12H2. The molecule has 0 atom stereocenters. The largest absolute Gasteiger partial charge is 0.383 e.